The third-order valence-electron chi connectivity index (χ3n) is 5.07. The Kier molecular flexibility index (Phi) is 6.08. The van der Waals surface area contributed by atoms with Crippen molar-refractivity contribution in [1.82, 2.24) is 19.7 Å². The van der Waals surface area contributed by atoms with Crippen LogP contribution >= 0.6 is 11.8 Å². The predicted molar refractivity (Wildman–Crippen MR) is 114 cm³/mol. The summed E-state index contributed by atoms with van der Waals surface area (Å²) in [6, 6.07) is 10.5. The maximum atomic E-state index is 14.0. The van der Waals surface area contributed by atoms with E-state index in [9.17, 15) is 9.18 Å². The molecule has 0 N–H and O–H groups in total. The number of hydrogen-bond acceptors (Lipinski definition) is 6. The van der Waals surface area contributed by atoms with Gasteiger partial charge in [0.15, 0.2) is 10.9 Å². The molecule has 0 radical (unpaired) electrons. The van der Waals surface area contributed by atoms with Crippen LogP contribution in [-0.4, -0.2) is 57.5 Å². The first kappa shape index (κ1) is 20.5. The molecule has 1 saturated heterocycles. The van der Waals surface area contributed by atoms with Gasteiger partial charge in [0.05, 0.1) is 17.7 Å². The topological polar surface area (TPSA) is 67.4 Å². The van der Waals surface area contributed by atoms with E-state index in [0.717, 1.165) is 0 Å². The van der Waals surface area contributed by atoms with Crippen LogP contribution in [0.4, 0.5) is 10.1 Å². The number of halogens is 1. The fraction of sp³-hybridized carbons (Fsp3) is 0.381. The summed E-state index contributed by atoms with van der Waals surface area (Å²) in [6.07, 6.45) is 1.60. The van der Waals surface area contributed by atoms with Gasteiger partial charge in [0.1, 0.15) is 5.82 Å². The predicted octanol–water partition coefficient (Wildman–Crippen LogP) is 3.70. The van der Waals surface area contributed by atoms with Gasteiger partial charge in [0, 0.05) is 32.2 Å². The lowest BCUT2D eigenvalue weighted by Crippen LogP contribution is -2.49. The number of hydrogen-bond donors (Lipinski definition) is 0. The molecule has 1 fully saturated rings. The van der Waals surface area contributed by atoms with Gasteiger partial charge in [-0.1, -0.05) is 23.9 Å². The molecule has 1 aliphatic heterocycles. The average Bonchev–Trinajstić information content (AvgIpc) is 3.42. The molecule has 0 unspecified atom stereocenters. The Bertz CT molecular complexity index is 997. The van der Waals surface area contributed by atoms with E-state index in [1.165, 1.54) is 17.8 Å². The SMILES string of the molecule is CC(C)n1c(SCC(=O)N2CCN(c3ccccc3F)CC2)nnc1-c1ccco1. The Morgan fingerprint density at radius 3 is 2.57 bits per heavy atom. The second-order valence-electron chi connectivity index (χ2n) is 7.36. The summed E-state index contributed by atoms with van der Waals surface area (Å²) in [5.74, 6) is 1.41. The third kappa shape index (κ3) is 4.21. The number of nitrogens with zero attached hydrogens (tertiary/aromatic N) is 5. The molecular weight excluding hydrogens is 405 g/mol. The van der Waals surface area contributed by atoms with Crippen molar-refractivity contribution in [2.24, 2.45) is 0 Å². The van der Waals surface area contributed by atoms with Crippen LogP contribution in [0.15, 0.2) is 52.2 Å². The molecule has 0 atom stereocenters. The number of anilines is 1. The summed E-state index contributed by atoms with van der Waals surface area (Å²) in [7, 11) is 0. The highest BCUT2D eigenvalue weighted by Crippen LogP contribution is 2.28. The zero-order valence-electron chi connectivity index (χ0n) is 17.0. The number of piperazine rings is 1. The van der Waals surface area contributed by atoms with Crippen molar-refractivity contribution in [1.29, 1.82) is 0 Å². The van der Waals surface area contributed by atoms with Gasteiger partial charge in [-0.25, -0.2) is 4.39 Å². The van der Waals surface area contributed by atoms with Gasteiger partial charge in [0.2, 0.25) is 11.7 Å². The molecule has 9 heteroatoms. The van der Waals surface area contributed by atoms with E-state index in [1.54, 1.807) is 18.4 Å². The Labute approximate surface area is 178 Å². The Balaban J connectivity index is 1.36. The van der Waals surface area contributed by atoms with Crippen LogP contribution in [0.25, 0.3) is 11.6 Å². The quantitative estimate of drug-likeness (QED) is 0.557. The molecule has 0 spiro atoms. The first-order chi connectivity index (χ1) is 14.5. The fourth-order valence-corrected chi connectivity index (χ4v) is 4.51. The number of benzene rings is 1. The molecule has 158 valence electrons. The lowest BCUT2D eigenvalue weighted by Gasteiger charge is -2.36. The first-order valence-corrected chi connectivity index (χ1v) is 10.9. The van der Waals surface area contributed by atoms with Crippen LogP contribution in [0.5, 0.6) is 0 Å². The summed E-state index contributed by atoms with van der Waals surface area (Å²) in [4.78, 5) is 16.5. The lowest BCUT2D eigenvalue weighted by molar-refractivity contribution is -0.128. The Hall–Kier alpha value is -2.81. The van der Waals surface area contributed by atoms with Gasteiger partial charge in [-0.3, -0.25) is 9.36 Å². The average molecular weight is 430 g/mol. The minimum absolute atomic E-state index is 0.0473. The third-order valence-corrected chi connectivity index (χ3v) is 6.00. The number of aromatic nitrogens is 3. The largest absolute Gasteiger partial charge is 0.461 e. The van der Waals surface area contributed by atoms with E-state index in [1.807, 2.05) is 46.4 Å². The first-order valence-electron chi connectivity index (χ1n) is 9.93. The van der Waals surface area contributed by atoms with Crippen molar-refractivity contribution in [2.45, 2.75) is 25.0 Å². The highest BCUT2D eigenvalue weighted by molar-refractivity contribution is 7.99. The molecule has 2 aromatic heterocycles. The number of para-hydroxylation sites is 1. The maximum Gasteiger partial charge on any atom is 0.233 e. The van der Waals surface area contributed by atoms with E-state index in [-0.39, 0.29) is 23.5 Å². The van der Waals surface area contributed by atoms with Gasteiger partial charge in [-0.15, -0.1) is 10.2 Å². The summed E-state index contributed by atoms with van der Waals surface area (Å²) in [5.41, 5.74) is 0.592. The van der Waals surface area contributed by atoms with Gasteiger partial charge in [-0.2, -0.15) is 0 Å². The molecular formula is C21H24FN5O2S. The Morgan fingerprint density at radius 1 is 1.13 bits per heavy atom. The van der Waals surface area contributed by atoms with Crippen LogP contribution in [0.1, 0.15) is 19.9 Å². The fourth-order valence-electron chi connectivity index (χ4n) is 3.54. The molecule has 1 aliphatic rings. The summed E-state index contributed by atoms with van der Waals surface area (Å²) in [6.45, 7) is 6.46. The summed E-state index contributed by atoms with van der Waals surface area (Å²) >= 11 is 1.38. The molecule has 1 amide bonds. The number of amides is 1. The van der Waals surface area contributed by atoms with E-state index >= 15 is 0 Å². The second-order valence-corrected chi connectivity index (χ2v) is 8.30. The van der Waals surface area contributed by atoms with Gasteiger partial charge in [-0.05, 0) is 38.1 Å². The maximum absolute atomic E-state index is 14.0. The van der Waals surface area contributed by atoms with Crippen molar-refractivity contribution in [3.8, 4) is 11.6 Å². The van der Waals surface area contributed by atoms with Gasteiger partial charge in [0.25, 0.3) is 0 Å². The van der Waals surface area contributed by atoms with E-state index in [0.29, 0.717) is 48.6 Å². The normalized spacial score (nSPS) is 14.5. The van der Waals surface area contributed by atoms with Gasteiger partial charge < -0.3 is 14.2 Å². The Morgan fingerprint density at radius 2 is 1.90 bits per heavy atom. The second kappa shape index (κ2) is 8.91. The van der Waals surface area contributed by atoms with Crippen LogP contribution in [0.2, 0.25) is 0 Å². The summed E-state index contributed by atoms with van der Waals surface area (Å²) in [5, 5.41) is 9.21. The van der Waals surface area contributed by atoms with Crippen LogP contribution in [0.3, 0.4) is 0 Å². The highest BCUT2D eigenvalue weighted by Gasteiger charge is 2.24. The van der Waals surface area contributed by atoms with Crippen molar-refractivity contribution in [3.63, 3.8) is 0 Å². The number of thioether (sulfide) groups is 1. The van der Waals surface area contributed by atoms with Crippen molar-refractivity contribution in [2.75, 3.05) is 36.8 Å². The number of carbonyl (C=O) groups excluding carboxylic acids is 1. The standard InChI is InChI=1S/C21H24FN5O2S/c1-15(2)27-20(18-8-5-13-29-18)23-24-21(27)30-14-19(28)26-11-9-25(10-12-26)17-7-4-3-6-16(17)22/h3-8,13,15H,9-12,14H2,1-2H3. The van der Waals surface area contributed by atoms with Crippen LogP contribution in [0, 0.1) is 5.82 Å². The van der Waals surface area contributed by atoms with Crippen molar-refractivity contribution >= 4 is 23.4 Å². The monoisotopic (exact) mass is 429 g/mol. The number of rotatable bonds is 6. The molecule has 7 nitrogen and oxygen atoms in total. The summed E-state index contributed by atoms with van der Waals surface area (Å²) < 4.78 is 21.4. The highest BCUT2D eigenvalue weighted by atomic mass is 32.2. The van der Waals surface area contributed by atoms with E-state index in [4.69, 9.17) is 4.42 Å². The minimum atomic E-state index is -0.229. The lowest BCUT2D eigenvalue weighted by atomic mass is 10.2. The zero-order valence-corrected chi connectivity index (χ0v) is 17.8. The molecule has 1 aromatic carbocycles. The minimum Gasteiger partial charge on any atom is -0.461 e. The molecule has 0 bridgehead atoms. The number of furan rings is 1. The molecule has 0 aliphatic carbocycles. The van der Waals surface area contributed by atoms with E-state index < -0.39 is 0 Å². The number of carbonyl (C=O) groups is 1. The van der Waals surface area contributed by atoms with E-state index in [2.05, 4.69) is 10.2 Å². The van der Waals surface area contributed by atoms with Crippen LogP contribution < -0.4 is 4.90 Å². The zero-order chi connectivity index (χ0) is 21.1. The smallest absolute Gasteiger partial charge is 0.233 e. The molecule has 3 heterocycles. The molecule has 4 rings (SSSR count). The molecule has 3 aromatic rings. The van der Waals surface area contributed by atoms with Crippen molar-refractivity contribution in [3.05, 3.63) is 48.5 Å². The van der Waals surface area contributed by atoms with Crippen molar-refractivity contribution < 1.29 is 13.6 Å². The van der Waals surface area contributed by atoms with Gasteiger partial charge >= 0.3 is 0 Å². The van der Waals surface area contributed by atoms with Crippen LogP contribution in [-0.2, 0) is 4.79 Å². The molecule has 30 heavy (non-hydrogen) atoms. The molecule has 0 saturated carbocycles.